The fraction of sp³-hybridized carbons (Fsp3) is 0.872. The number of carbonyl (C=O) groups excluding carboxylic acids is 1. The SMILES string of the molecule is [CH2-][C@]12CC[C@@H](O)CC1=CC[C@H]1[C@@H]3CC[C@H](OC)[C@@]3(C)CC[C@@H]12.[CH2-][C@]12CC[C@@H](O)C[C@@H]1CC[C@@H]1[C@@H]2CC[C@]2(C)C(=O)CC[C@@H]12.[OH-].[OH-].[Rb+].[Rb+]. The van der Waals surface area contributed by atoms with Gasteiger partial charge in [0.05, 0.1) is 18.3 Å². The quantitative estimate of drug-likeness (QED) is 0.307. The molecule has 258 valence electrons. The van der Waals surface area contributed by atoms with E-state index in [0.29, 0.717) is 35.1 Å². The van der Waals surface area contributed by atoms with Crippen LogP contribution < -0.4 is 116 Å². The van der Waals surface area contributed by atoms with E-state index in [1.165, 1.54) is 56.9 Å². The van der Waals surface area contributed by atoms with Crippen molar-refractivity contribution in [2.24, 2.45) is 63.1 Å². The Labute approximate surface area is 383 Å². The van der Waals surface area contributed by atoms with Crippen molar-refractivity contribution in [1.29, 1.82) is 0 Å². The maximum absolute atomic E-state index is 12.4. The van der Waals surface area contributed by atoms with Crippen molar-refractivity contribution in [3.05, 3.63) is 25.5 Å². The van der Waals surface area contributed by atoms with Gasteiger partial charge < -0.3 is 39.7 Å². The summed E-state index contributed by atoms with van der Waals surface area (Å²) < 4.78 is 5.85. The van der Waals surface area contributed by atoms with Crippen molar-refractivity contribution >= 4 is 5.78 Å². The first-order valence-electron chi connectivity index (χ1n) is 18.3. The molecule has 47 heavy (non-hydrogen) atoms. The van der Waals surface area contributed by atoms with Crippen molar-refractivity contribution in [1.82, 2.24) is 0 Å². The Kier molecular flexibility index (Phi) is 15.7. The van der Waals surface area contributed by atoms with Crippen LogP contribution in [0.1, 0.15) is 123 Å². The molecule has 0 aromatic carbocycles. The molecule has 4 N–H and O–H groups in total. The molecule has 0 unspecified atom stereocenters. The summed E-state index contributed by atoms with van der Waals surface area (Å²) >= 11 is 0. The third-order valence-electron chi connectivity index (χ3n) is 16.0. The number of aliphatic hydroxyl groups excluding tert-OH is 2. The summed E-state index contributed by atoms with van der Waals surface area (Å²) in [5.74, 6) is 5.51. The number of aliphatic hydroxyl groups is 2. The Morgan fingerprint density at radius 2 is 1.47 bits per heavy atom. The number of methoxy groups -OCH3 is 1. The van der Waals surface area contributed by atoms with Crippen molar-refractivity contribution in [2.75, 3.05) is 7.11 Å². The van der Waals surface area contributed by atoms with Crippen LogP contribution >= 0.6 is 0 Å². The van der Waals surface area contributed by atoms with E-state index >= 15 is 0 Å². The van der Waals surface area contributed by atoms with Gasteiger partial charge in [0.1, 0.15) is 5.78 Å². The normalized spacial score (nSPS) is 50.6. The van der Waals surface area contributed by atoms with E-state index in [2.05, 4.69) is 19.9 Å². The summed E-state index contributed by atoms with van der Waals surface area (Å²) in [7, 11) is 1.90. The van der Waals surface area contributed by atoms with E-state index < -0.39 is 0 Å². The van der Waals surface area contributed by atoms with Crippen LogP contribution in [0.3, 0.4) is 0 Å². The minimum atomic E-state index is -0.129. The Morgan fingerprint density at radius 3 is 2.19 bits per heavy atom. The summed E-state index contributed by atoms with van der Waals surface area (Å²) in [6.45, 7) is 14.2. The minimum Gasteiger partial charge on any atom is -0.870 e. The van der Waals surface area contributed by atoms with Crippen LogP contribution in [-0.4, -0.2) is 52.4 Å². The molecule has 0 heterocycles. The molecule has 0 radical (unpaired) electrons. The molecule has 8 heteroatoms. The molecule has 8 aliphatic rings. The predicted octanol–water partition coefficient (Wildman–Crippen LogP) is 1.57. The van der Waals surface area contributed by atoms with Crippen LogP contribution in [0.4, 0.5) is 0 Å². The summed E-state index contributed by atoms with van der Waals surface area (Å²) in [5.41, 5.74) is 2.14. The van der Waals surface area contributed by atoms with Crippen LogP contribution in [0.2, 0.25) is 0 Å². The zero-order chi connectivity index (χ0) is 30.4. The fourth-order valence-electron chi connectivity index (χ4n) is 13.6. The van der Waals surface area contributed by atoms with Crippen LogP contribution in [-0.2, 0) is 9.53 Å². The second-order valence-electron chi connectivity index (χ2n) is 17.5. The first-order chi connectivity index (χ1) is 20.4. The van der Waals surface area contributed by atoms with E-state index in [9.17, 15) is 15.0 Å². The molecular weight excluding hydrogens is 735 g/mol. The molecular formula is C39H62O6Rb2-2. The van der Waals surface area contributed by atoms with Crippen LogP contribution in [0, 0.1) is 76.9 Å². The summed E-state index contributed by atoms with van der Waals surface area (Å²) in [4.78, 5) is 12.4. The smallest absolute Gasteiger partial charge is 0.870 e. The van der Waals surface area contributed by atoms with Gasteiger partial charge in [-0.3, -0.25) is 4.79 Å². The number of carbonyl (C=O) groups is 1. The standard InChI is InChI=1S/C20H31O2.C19H29O2.2H2O.2Rb/c1-19-10-8-14(21)12-13(19)4-5-15-16-6-7-18(22-3)20(16,2)11-9-17(15)19;1-18-9-7-13(20)11-12(18)3-4-14-15-5-6-17(21)19(15,2)10-8-16(14)18;;;;/h4,14-18,21H,1,5-12H2,2-3H3;12-16,20H,1,3-11H2,2H3;2*1H2;;/q2*-1;;;2*+1/p-2/t14-,15+,16+,17+,18+,19+,20+;12-,13+,14-,15-,16-,18-,19-;;;;/m10..../s1. The molecule has 0 aromatic heterocycles. The van der Waals surface area contributed by atoms with Gasteiger partial charge in [0.15, 0.2) is 0 Å². The first-order valence-corrected chi connectivity index (χ1v) is 18.3. The van der Waals surface area contributed by atoms with Crippen LogP contribution in [0.25, 0.3) is 0 Å². The Hall–Kier alpha value is 2.82. The van der Waals surface area contributed by atoms with Gasteiger partial charge in [-0.1, -0.05) is 75.4 Å². The van der Waals surface area contributed by atoms with Crippen LogP contribution in [0.15, 0.2) is 11.6 Å². The topological polar surface area (TPSA) is 127 Å². The molecule has 8 rings (SSSR count). The predicted molar refractivity (Wildman–Crippen MR) is 174 cm³/mol. The van der Waals surface area contributed by atoms with Gasteiger partial charge in [0.2, 0.25) is 0 Å². The van der Waals surface area contributed by atoms with Crippen molar-refractivity contribution in [3.63, 3.8) is 0 Å². The number of ether oxygens (including phenoxy) is 1. The molecule has 0 spiro atoms. The van der Waals surface area contributed by atoms with Gasteiger partial charge in [0, 0.05) is 18.9 Å². The molecule has 0 saturated heterocycles. The van der Waals surface area contributed by atoms with Gasteiger partial charge >= 0.3 is 116 Å². The second kappa shape index (κ2) is 16.7. The fourth-order valence-corrected chi connectivity index (χ4v) is 13.6. The molecule has 8 aliphatic carbocycles. The van der Waals surface area contributed by atoms with Gasteiger partial charge in [-0.2, -0.15) is 5.41 Å². The largest absolute Gasteiger partial charge is 1.00 e. The summed E-state index contributed by atoms with van der Waals surface area (Å²) in [5, 5.41) is 20.0. The average molecular weight is 798 g/mol. The number of fused-ring (bicyclic) bond motifs is 10. The van der Waals surface area contributed by atoms with E-state index in [4.69, 9.17) is 18.6 Å². The molecule has 6 nitrogen and oxygen atoms in total. The first kappa shape index (κ1) is 44.2. The van der Waals surface area contributed by atoms with E-state index in [1.807, 2.05) is 7.11 Å². The number of Topliss-reactive ketones (excluding diaryl/α,β-unsaturated/α-hetero) is 1. The van der Waals surface area contributed by atoms with Gasteiger partial charge in [-0.05, 0) is 99.7 Å². The minimum absolute atomic E-state index is 0. The maximum Gasteiger partial charge on any atom is 1.00 e. The zero-order valence-corrected chi connectivity index (χ0v) is 40.2. The average Bonchev–Trinajstić information content (AvgIpc) is 3.49. The number of ketones is 1. The van der Waals surface area contributed by atoms with Crippen molar-refractivity contribution < 1.29 is 147 Å². The van der Waals surface area contributed by atoms with E-state index in [0.717, 1.165) is 81.5 Å². The van der Waals surface area contributed by atoms with Crippen LogP contribution in [0.5, 0.6) is 0 Å². The third-order valence-corrected chi connectivity index (χ3v) is 16.0. The molecule has 7 saturated carbocycles. The van der Waals surface area contributed by atoms with E-state index in [1.54, 1.807) is 0 Å². The Bertz CT molecular complexity index is 1130. The Morgan fingerprint density at radius 1 is 0.766 bits per heavy atom. The maximum atomic E-state index is 12.4. The number of hydrogen-bond donors (Lipinski definition) is 2. The van der Waals surface area contributed by atoms with Gasteiger partial charge in [-0.25, -0.2) is 0 Å². The molecule has 7 fully saturated rings. The number of hydrogen-bond acceptors (Lipinski definition) is 6. The van der Waals surface area contributed by atoms with E-state index in [-0.39, 0.29) is 156 Å². The molecule has 0 aliphatic heterocycles. The third kappa shape index (κ3) is 7.33. The monoisotopic (exact) mass is 796 g/mol. The molecule has 14 atom stereocenters. The van der Waals surface area contributed by atoms with Gasteiger partial charge in [0.25, 0.3) is 0 Å². The molecule has 0 amide bonds. The Balaban J connectivity index is 0.000000236. The second-order valence-corrected chi connectivity index (χ2v) is 17.5. The summed E-state index contributed by atoms with van der Waals surface area (Å²) in [6.07, 6.45) is 21.7. The number of allylic oxidation sites excluding steroid dienone is 1. The van der Waals surface area contributed by atoms with Crippen molar-refractivity contribution in [2.45, 2.75) is 141 Å². The number of rotatable bonds is 1. The summed E-state index contributed by atoms with van der Waals surface area (Å²) in [6, 6.07) is 0. The molecule has 0 bridgehead atoms. The van der Waals surface area contributed by atoms with Crippen molar-refractivity contribution in [3.8, 4) is 0 Å². The van der Waals surface area contributed by atoms with Gasteiger partial charge in [-0.15, -0.1) is 5.41 Å². The zero-order valence-electron chi connectivity index (χ0n) is 30.4. The molecule has 0 aromatic rings.